The summed E-state index contributed by atoms with van der Waals surface area (Å²) in [4.78, 5) is 24.4. The fourth-order valence-electron chi connectivity index (χ4n) is 0.987. The van der Waals surface area contributed by atoms with Crippen LogP contribution in [0.25, 0.3) is 0 Å². The Hall–Kier alpha value is -1.28. The Bertz CT molecular complexity index is 481. The quantitative estimate of drug-likeness (QED) is 0.504. The average molecular weight is 260 g/mol. The van der Waals surface area contributed by atoms with E-state index in [1.807, 2.05) is 6.92 Å². The van der Waals surface area contributed by atoms with Crippen molar-refractivity contribution in [1.29, 1.82) is 0 Å². The second kappa shape index (κ2) is 5.71. The monoisotopic (exact) mass is 260 g/mol. The summed E-state index contributed by atoms with van der Waals surface area (Å²) < 4.78 is 1.32. The third kappa shape index (κ3) is 3.70. The van der Waals surface area contributed by atoms with E-state index in [2.05, 4.69) is 10.3 Å². The summed E-state index contributed by atoms with van der Waals surface area (Å²) >= 11 is 5.92. The lowest BCUT2D eigenvalue weighted by Crippen LogP contribution is -2.38. The van der Waals surface area contributed by atoms with Gasteiger partial charge in [-0.15, -0.1) is 0 Å². The van der Waals surface area contributed by atoms with Crippen LogP contribution in [0.5, 0.6) is 0 Å². The number of nitrogens with zero attached hydrogens (tertiary/aromatic N) is 1. The summed E-state index contributed by atoms with van der Waals surface area (Å²) in [6.45, 7) is 1.93. The van der Waals surface area contributed by atoms with E-state index in [0.29, 0.717) is 0 Å². The maximum atomic E-state index is 11.4. The molecule has 1 rings (SSSR count). The third-order valence-electron chi connectivity index (χ3n) is 1.71. The SMILES string of the molecule is CCC(NC(N)=S)Sn1ccc(=O)[nH]c1=O. The highest BCUT2D eigenvalue weighted by molar-refractivity contribution is 7.98. The van der Waals surface area contributed by atoms with Gasteiger partial charge in [0.05, 0.1) is 5.37 Å². The van der Waals surface area contributed by atoms with Gasteiger partial charge in [-0.05, 0) is 30.6 Å². The minimum Gasteiger partial charge on any atom is -0.376 e. The van der Waals surface area contributed by atoms with Crippen LogP contribution in [-0.4, -0.2) is 19.4 Å². The van der Waals surface area contributed by atoms with Gasteiger partial charge in [0.2, 0.25) is 0 Å². The minimum atomic E-state index is -0.472. The molecule has 0 aliphatic carbocycles. The molecule has 1 aromatic rings. The molecule has 0 aromatic carbocycles. The molecular formula is C8H12N4O2S2. The predicted molar refractivity (Wildman–Crippen MR) is 68.3 cm³/mol. The first-order chi connectivity index (χ1) is 7.52. The van der Waals surface area contributed by atoms with E-state index in [-0.39, 0.29) is 10.5 Å². The van der Waals surface area contributed by atoms with Crippen molar-refractivity contribution in [3.63, 3.8) is 0 Å². The van der Waals surface area contributed by atoms with Gasteiger partial charge in [-0.25, -0.2) is 8.77 Å². The Balaban J connectivity index is 2.82. The zero-order valence-electron chi connectivity index (χ0n) is 8.60. The number of hydrogen-bond acceptors (Lipinski definition) is 4. The normalized spacial score (nSPS) is 12.1. The molecule has 0 aliphatic heterocycles. The fourth-order valence-corrected chi connectivity index (χ4v) is 2.08. The van der Waals surface area contributed by atoms with Crippen molar-refractivity contribution in [3.8, 4) is 0 Å². The Kier molecular flexibility index (Phi) is 4.56. The molecule has 0 saturated carbocycles. The second-order valence-corrected chi connectivity index (χ2v) is 4.56. The Labute approximate surface area is 101 Å². The first kappa shape index (κ1) is 12.8. The molecule has 88 valence electrons. The Morgan fingerprint density at radius 3 is 2.94 bits per heavy atom. The van der Waals surface area contributed by atoms with E-state index in [1.165, 1.54) is 28.2 Å². The van der Waals surface area contributed by atoms with Crippen molar-refractivity contribution in [3.05, 3.63) is 33.1 Å². The number of hydrogen-bond donors (Lipinski definition) is 3. The van der Waals surface area contributed by atoms with Crippen LogP contribution in [0.1, 0.15) is 13.3 Å². The number of aromatic nitrogens is 2. The van der Waals surface area contributed by atoms with Gasteiger partial charge >= 0.3 is 5.69 Å². The van der Waals surface area contributed by atoms with Gasteiger partial charge in [-0.3, -0.25) is 9.78 Å². The smallest absolute Gasteiger partial charge is 0.338 e. The van der Waals surface area contributed by atoms with Gasteiger partial charge in [0.25, 0.3) is 5.56 Å². The van der Waals surface area contributed by atoms with Crippen molar-refractivity contribution >= 4 is 29.3 Å². The summed E-state index contributed by atoms with van der Waals surface area (Å²) in [5.41, 5.74) is 4.46. The van der Waals surface area contributed by atoms with Crippen LogP contribution >= 0.6 is 24.2 Å². The molecule has 0 spiro atoms. The second-order valence-electron chi connectivity index (χ2n) is 2.95. The molecule has 1 aromatic heterocycles. The van der Waals surface area contributed by atoms with Crippen molar-refractivity contribution in [2.75, 3.05) is 0 Å². The number of nitrogens with one attached hydrogen (secondary N) is 2. The molecule has 8 heteroatoms. The molecule has 1 unspecified atom stereocenters. The lowest BCUT2D eigenvalue weighted by Gasteiger charge is -2.16. The molecule has 0 fully saturated rings. The number of aromatic amines is 1. The van der Waals surface area contributed by atoms with Crippen molar-refractivity contribution < 1.29 is 0 Å². The van der Waals surface area contributed by atoms with Crippen molar-refractivity contribution in [2.24, 2.45) is 5.73 Å². The first-order valence-corrected chi connectivity index (χ1v) is 5.82. The third-order valence-corrected chi connectivity index (χ3v) is 3.04. The number of H-pyrrole nitrogens is 1. The lowest BCUT2D eigenvalue weighted by molar-refractivity contribution is 0.775. The van der Waals surface area contributed by atoms with Gasteiger partial charge in [-0.2, -0.15) is 0 Å². The molecular weight excluding hydrogens is 248 g/mol. The summed E-state index contributed by atoms with van der Waals surface area (Å²) in [6.07, 6.45) is 2.14. The van der Waals surface area contributed by atoms with Crippen LogP contribution in [0, 0.1) is 0 Å². The molecule has 0 bridgehead atoms. The molecule has 0 amide bonds. The largest absolute Gasteiger partial charge is 0.376 e. The molecule has 0 radical (unpaired) electrons. The lowest BCUT2D eigenvalue weighted by atomic mass is 10.5. The van der Waals surface area contributed by atoms with Crippen LogP contribution in [0.15, 0.2) is 21.9 Å². The van der Waals surface area contributed by atoms with Gasteiger partial charge in [0, 0.05) is 12.3 Å². The van der Waals surface area contributed by atoms with Gasteiger partial charge in [0.1, 0.15) is 0 Å². The summed E-state index contributed by atoms with van der Waals surface area (Å²) in [7, 11) is 0. The van der Waals surface area contributed by atoms with E-state index in [9.17, 15) is 9.59 Å². The van der Waals surface area contributed by atoms with Crippen molar-refractivity contribution in [1.82, 2.24) is 14.3 Å². The average Bonchev–Trinajstić information content (AvgIpc) is 2.20. The molecule has 1 heterocycles. The molecule has 0 aliphatic rings. The van der Waals surface area contributed by atoms with E-state index < -0.39 is 11.2 Å². The van der Waals surface area contributed by atoms with Crippen molar-refractivity contribution in [2.45, 2.75) is 18.7 Å². The van der Waals surface area contributed by atoms with E-state index in [1.54, 1.807) is 0 Å². The van der Waals surface area contributed by atoms with Crippen LogP contribution in [0.2, 0.25) is 0 Å². The first-order valence-electron chi connectivity index (χ1n) is 4.58. The van der Waals surface area contributed by atoms with Gasteiger partial charge in [0.15, 0.2) is 5.11 Å². The van der Waals surface area contributed by atoms with Crippen LogP contribution in [0.3, 0.4) is 0 Å². The number of rotatable bonds is 4. The topological polar surface area (TPSA) is 92.9 Å². The highest BCUT2D eigenvalue weighted by Crippen LogP contribution is 2.11. The highest BCUT2D eigenvalue weighted by Gasteiger charge is 2.09. The summed E-state index contributed by atoms with van der Waals surface area (Å²) in [5, 5.41) is 2.91. The molecule has 16 heavy (non-hydrogen) atoms. The molecule has 0 saturated heterocycles. The molecule has 6 nitrogen and oxygen atoms in total. The highest BCUT2D eigenvalue weighted by atomic mass is 32.2. The molecule has 1 atom stereocenters. The fraction of sp³-hybridized carbons (Fsp3) is 0.375. The number of nitrogens with two attached hydrogens (primary N) is 1. The van der Waals surface area contributed by atoms with Gasteiger partial charge in [-0.1, -0.05) is 6.92 Å². The van der Waals surface area contributed by atoms with Crippen LogP contribution in [0.4, 0.5) is 0 Å². The minimum absolute atomic E-state index is 0.110. The molecule has 4 N–H and O–H groups in total. The standard InChI is InChI=1S/C8H12N4O2S2/c1-2-6(11-7(9)15)16-12-4-3-5(13)10-8(12)14/h3-4,6H,2H2,1H3,(H3,9,11,15)(H,10,13,14). The van der Waals surface area contributed by atoms with E-state index in [4.69, 9.17) is 18.0 Å². The van der Waals surface area contributed by atoms with Crippen LogP contribution in [-0.2, 0) is 0 Å². The Morgan fingerprint density at radius 1 is 1.75 bits per heavy atom. The van der Waals surface area contributed by atoms with Crippen LogP contribution < -0.4 is 22.3 Å². The number of thiocarbonyl (C=S) groups is 1. The van der Waals surface area contributed by atoms with E-state index in [0.717, 1.165) is 6.42 Å². The maximum absolute atomic E-state index is 11.4. The van der Waals surface area contributed by atoms with E-state index >= 15 is 0 Å². The van der Waals surface area contributed by atoms with Gasteiger partial charge < -0.3 is 11.1 Å². The maximum Gasteiger partial charge on any atom is 0.338 e. The summed E-state index contributed by atoms with van der Waals surface area (Å²) in [6, 6.07) is 1.28. The predicted octanol–water partition coefficient (Wildman–Crippen LogP) is -0.398. The zero-order valence-corrected chi connectivity index (χ0v) is 10.2. The Morgan fingerprint density at radius 2 is 2.44 bits per heavy atom. The summed E-state index contributed by atoms with van der Waals surface area (Å²) in [5.74, 6) is 0. The zero-order chi connectivity index (χ0) is 12.1.